The molecule has 0 aliphatic carbocycles. The summed E-state index contributed by atoms with van der Waals surface area (Å²) in [7, 11) is 0. The molecular weight excluding hydrogens is 196 g/mol. The Balaban J connectivity index is 1.99. The Morgan fingerprint density at radius 2 is 1.60 bits per heavy atom. The Labute approximate surface area is 91.2 Å². The Morgan fingerprint density at radius 1 is 1.00 bits per heavy atom. The minimum atomic E-state index is -0.000386. The lowest BCUT2D eigenvalue weighted by Crippen LogP contribution is -2.47. The van der Waals surface area contributed by atoms with E-state index in [2.05, 4.69) is 9.80 Å². The van der Waals surface area contributed by atoms with Crippen LogP contribution in [0.2, 0.25) is 0 Å². The van der Waals surface area contributed by atoms with E-state index >= 15 is 0 Å². The predicted molar refractivity (Wildman–Crippen MR) is 56.3 cm³/mol. The van der Waals surface area contributed by atoms with E-state index in [-0.39, 0.29) is 13.2 Å². The molecule has 0 saturated carbocycles. The summed E-state index contributed by atoms with van der Waals surface area (Å²) in [6.45, 7) is 6.81. The molecule has 0 atom stereocenters. The van der Waals surface area contributed by atoms with Gasteiger partial charge in [0.1, 0.15) is 0 Å². The van der Waals surface area contributed by atoms with Gasteiger partial charge < -0.3 is 9.84 Å². The summed E-state index contributed by atoms with van der Waals surface area (Å²) >= 11 is 0. The number of aliphatic hydroxyl groups excluding tert-OH is 1. The van der Waals surface area contributed by atoms with E-state index in [1.165, 1.54) is 0 Å². The fourth-order valence-corrected chi connectivity index (χ4v) is 1.73. The summed E-state index contributed by atoms with van der Waals surface area (Å²) in [6.07, 6.45) is 0. The quantitative estimate of drug-likeness (QED) is 0.558. The van der Waals surface area contributed by atoms with Crippen LogP contribution in [-0.4, -0.2) is 80.6 Å². The van der Waals surface area contributed by atoms with Gasteiger partial charge in [-0.2, -0.15) is 0 Å². The Morgan fingerprint density at radius 3 is 2.13 bits per heavy atom. The number of aliphatic hydroxyl groups is 1. The molecule has 0 unspecified atom stereocenters. The zero-order valence-electron chi connectivity index (χ0n) is 9.23. The van der Waals surface area contributed by atoms with Crippen molar-refractivity contribution in [2.24, 2.45) is 0 Å². The van der Waals surface area contributed by atoms with Gasteiger partial charge in [0.25, 0.3) is 0 Å². The Bertz CT molecular complexity index is 147. The van der Waals surface area contributed by atoms with Crippen molar-refractivity contribution in [1.29, 1.82) is 0 Å². The second-order valence-electron chi connectivity index (χ2n) is 3.72. The van der Waals surface area contributed by atoms with Gasteiger partial charge in [0.2, 0.25) is 0 Å². The Hall–Kier alpha value is -0.200. The third-order valence-corrected chi connectivity index (χ3v) is 2.66. The molecule has 0 aromatic heterocycles. The number of ether oxygens (including phenoxy) is 1. The van der Waals surface area contributed by atoms with Crippen LogP contribution in [0.1, 0.15) is 0 Å². The molecule has 1 rings (SSSR count). The van der Waals surface area contributed by atoms with Gasteiger partial charge in [0.05, 0.1) is 26.4 Å². The molecule has 1 saturated heterocycles. The maximum absolute atomic E-state index is 10.4. The molecule has 1 heterocycles. The summed E-state index contributed by atoms with van der Waals surface area (Å²) in [5.41, 5.74) is 0. The van der Waals surface area contributed by atoms with Crippen LogP contribution in [0.15, 0.2) is 0 Å². The maximum atomic E-state index is 10.4. The van der Waals surface area contributed by atoms with E-state index in [0.29, 0.717) is 19.8 Å². The van der Waals surface area contributed by atoms with Crippen LogP contribution in [-0.2, 0) is 9.84 Å². The lowest BCUT2D eigenvalue weighted by atomic mass is 10.3. The van der Waals surface area contributed by atoms with Crippen molar-refractivity contribution in [3.05, 3.63) is 0 Å². The molecule has 0 aromatic carbocycles. The van der Waals surface area contributed by atoms with Gasteiger partial charge in [-0.15, -0.1) is 0 Å². The van der Waals surface area contributed by atoms with Crippen molar-refractivity contribution < 1.29 is 14.9 Å². The summed E-state index contributed by atoms with van der Waals surface area (Å²) in [6, 6.07) is 0. The first kappa shape index (κ1) is 12.9. The van der Waals surface area contributed by atoms with Crippen LogP contribution < -0.4 is 0 Å². The highest BCUT2D eigenvalue weighted by molar-refractivity contribution is 4.71. The lowest BCUT2D eigenvalue weighted by molar-refractivity contribution is 0.0509. The van der Waals surface area contributed by atoms with Gasteiger partial charge >= 0.3 is 0 Å². The zero-order valence-corrected chi connectivity index (χ0v) is 9.23. The minimum absolute atomic E-state index is 0.000386. The van der Waals surface area contributed by atoms with Crippen molar-refractivity contribution in [1.82, 2.24) is 9.80 Å². The maximum Gasteiger partial charge on any atom is 0.0949 e. The van der Waals surface area contributed by atoms with Crippen LogP contribution in [0, 0.1) is 0 Å². The molecule has 1 radical (unpaired) electrons. The van der Waals surface area contributed by atoms with Crippen molar-refractivity contribution in [2.75, 3.05) is 65.7 Å². The summed E-state index contributed by atoms with van der Waals surface area (Å²) in [4.78, 5) is 4.54. The first-order chi connectivity index (χ1) is 7.36. The molecule has 1 fully saturated rings. The van der Waals surface area contributed by atoms with E-state index in [9.17, 15) is 5.11 Å². The molecule has 0 amide bonds. The number of nitrogens with zero attached hydrogens (tertiary/aromatic N) is 2. The second-order valence-corrected chi connectivity index (χ2v) is 3.72. The minimum Gasteiger partial charge on any atom is -0.394 e. The zero-order chi connectivity index (χ0) is 10.9. The molecule has 5 nitrogen and oxygen atoms in total. The van der Waals surface area contributed by atoms with E-state index in [0.717, 1.165) is 32.7 Å². The third-order valence-electron chi connectivity index (χ3n) is 2.66. The second kappa shape index (κ2) is 8.01. The summed E-state index contributed by atoms with van der Waals surface area (Å²) in [5.74, 6) is 0. The molecule has 1 aliphatic rings. The Kier molecular flexibility index (Phi) is 6.87. The average molecular weight is 217 g/mol. The molecule has 89 valence electrons. The van der Waals surface area contributed by atoms with Gasteiger partial charge in [0.15, 0.2) is 0 Å². The molecule has 1 aliphatic heterocycles. The first-order valence-corrected chi connectivity index (χ1v) is 5.58. The molecule has 15 heavy (non-hydrogen) atoms. The fraction of sp³-hybridized carbons (Fsp3) is 1.00. The summed E-state index contributed by atoms with van der Waals surface area (Å²) in [5, 5.41) is 18.9. The highest BCUT2D eigenvalue weighted by Gasteiger charge is 2.15. The van der Waals surface area contributed by atoms with Crippen molar-refractivity contribution in [3.63, 3.8) is 0 Å². The van der Waals surface area contributed by atoms with Gasteiger partial charge in [-0.1, -0.05) is 0 Å². The van der Waals surface area contributed by atoms with Crippen molar-refractivity contribution >= 4 is 0 Å². The lowest BCUT2D eigenvalue weighted by Gasteiger charge is -2.33. The van der Waals surface area contributed by atoms with Crippen molar-refractivity contribution in [2.45, 2.75) is 0 Å². The average Bonchev–Trinajstić information content (AvgIpc) is 2.27. The van der Waals surface area contributed by atoms with Gasteiger partial charge in [-0.3, -0.25) is 9.80 Å². The van der Waals surface area contributed by atoms with E-state index in [4.69, 9.17) is 9.84 Å². The fourth-order valence-electron chi connectivity index (χ4n) is 1.73. The molecule has 1 N–H and O–H groups in total. The van der Waals surface area contributed by atoms with E-state index in [1.807, 2.05) is 0 Å². The first-order valence-electron chi connectivity index (χ1n) is 5.58. The third kappa shape index (κ3) is 5.44. The normalized spacial score (nSPS) is 19.6. The SMILES string of the molecule is [O]CCN1CCN(CCOCCO)CC1. The number of hydrogen-bond donors (Lipinski definition) is 1. The highest BCUT2D eigenvalue weighted by Crippen LogP contribution is 2.00. The van der Waals surface area contributed by atoms with Crippen LogP contribution in [0.5, 0.6) is 0 Å². The number of rotatable bonds is 7. The van der Waals surface area contributed by atoms with E-state index < -0.39 is 0 Å². The molecule has 0 bridgehead atoms. The molecular formula is C10H21N2O3. The topological polar surface area (TPSA) is 55.8 Å². The molecule has 0 spiro atoms. The molecule has 5 heteroatoms. The van der Waals surface area contributed by atoms with Crippen LogP contribution in [0.3, 0.4) is 0 Å². The standard InChI is InChI=1S/C10H21N2O3/c13-7-5-11-1-3-12(4-2-11)6-9-15-10-8-14/h14H,1-10H2. The summed E-state index contributed by atoms with van der Waals surface area (Å²) < 4.78 is 5.20. The van der Waals surface area contributed by atoms with Crippen LogP contribution in [0.25, 0.3) is 0 Å². The monoisotopic (exact) mass is 217 g/mol. The van der Waals surface area contributed by atoms with Gasteiger partial charge in [0, 0.05) is 39.3 Å². The largest absolute Gasteiger partial charge is 0.394 e. The molecule has 0 aromatic rings. The van der Waals surface area contributed by atoms with Crippen LogP contribution >= 0.6 is 0 Å². The van der Waals surface area contributed by atoms with Gasteiger partial charge in [-0.25, -0.2) is 5.11 Å². The van der Waals surface area contributed by atoms with Gasteiger partial charge in [-0.05, 0) is 0 Å². The number of piperazine rings is 1. The van der Waals surface area contributed by atoms with E-state index in [1.54, 1.807) is 0 Å². The van der Waals surface area contributed by atoms with Crippen molar-refractivity contribution in [3.8, 4) is 0 Å². The smallest absolute Gasteiger partial charge is 0.0949 e. The van der Waals surface area contributed by atoms with Crippen LogP contribution in [0.4, 0.5) is 0 Å². The highest BCUT2D eigenvalue weighted by atomic mass is 16.5. The predicted octanol–water partition coefficient (Wildman–Crippen LogP) is -0.957. The number of hydrogen-bond acceptors (Lipinski definition) is 4.